The molecule has 0 saturated heterocycles. The van der Waals surface area contributed by atoms with E-state index in [0.29, 0.717) is 39.9 Å². The molecule has 2 aromatic rings. The standard InChI is InChI=1S/C21H18O8/c1-24-16-7-11(8-17(25-2)19(16)26-3)6-13-18(21(23)29-20(13)22)12-4-5-14-15(9-12)28-10-27-14/h4-5,7-9H,6,10H2,1-3H3. The lowest BCUT2D eigenvalue weighted by Crippen LogP contribution is -2.04. The van der Waals surface area contributed by atoms with Gasteiger partial charge in [0.2, 0.25) is 12.5 Å². The Labute approximate surface area is 166 Å². The van der Waals surface area contributed by atoms with E-state index in [-0.39, 0.29) is 24.4 Å². The SMILES string of the molecule is COc1cc(CC2=C(c3ccc4c(c3)OCO4)C(=O)OC2=O)cc(OC)c1OC. The molecule has 0 fully saturated rings. The highest BCUT2D eigenvalue weighted by atomic mass is 16.7. The number of hydrogen-bond donors (Lipinski definition) is 0. The molecule has 0 unspecified atom stereocenters. The molecule has 4 rings (SSSR count). The number of fused-ring (bicyclic) bond motifs is 1. The summed E-state index contributed by atoms with van der Waals surface area (Å²) in [7, 11) is 4.52. The summed E-state index contributed by atoms with van der Waals surface area (Å²) in [5, 5.41) is 0. The third-order valence-corrected chi connectivity index (χ3v) is 4.70. The van der Waals surface area contributed by atoms with Crippen LogP contribution in [0, 0.1) is 0 Å². The molecule has 0 saturated carbocycles. The number of carbonyl (C=O) groups excluding carboxylic acids is 2. The van der Waals surface area contributed by atoms with Crippen LogP contribution in [-0.4, -0.2) is 40.1 Å². The summed E-state index contributed by atoms with van der Waals surface area (Å²) >= 11 is 0. The molecule has 0 N–H and O–H groups in total. The maximum atomic E-state index is 12.4. The van der Waals surface area contributed by atoms with Crippen LogP contribution in [0.15, 0.2) is 35.9 Å². The van der Waals surface area contributed by atoms with Gasteiger partial charge in [0, 0.05) is 6.42 Å². The van der Waals surface area contributed by atoms with Crippen LogP contribution in [-0.2, 0) is 20.7 Å². The average molecular weight is 398 g/mol. The molecule has 0 atom stereocenters. The predicted octanol–water partition coefficient (Wildman–Crippen LogP) is 2.52. The normalized spacial score (nSPS) is 14.9. The smallest absolute Gasteiger partial charge is 0.347 e. The molecule has 0 spiro atoms. The summed E-state index contributed by atoms with van der Waals surface area (Å²) < 4.78 is 31.6. The third-order valence-electron chi connectivity index (χ3n) is 4.70. The molecule has 8 nitrogen and oxygen atoms in total. The second-order valence-electron chi connectivity index (χ2n) is 6.31. The van der Waals surface area contributed by atoms with E-state index >= 15 is 0 Å². The van der Waals surface area contributed by atoms with E-state index in [0.717, 1.165) is 0 Å². The molecule has 2 aliphatic heterocycles. The molecule has 2 heterocycles. The molecular formula is C21H18O8. The van der Waals surface area contributed by atoms with Crippen molar-refractivity contribution >= 4 is 17.5 Å². The number of cyclic esters (lactones) is 2. The molecule has 0 bridgehead atoms. The van der Waals surface area contributed by atoms with Crippen LogP contribution in [0.4, 0.5) is 0 Å². The van der Waals surface area contributed by atoms with Crippen molar-refractivity contribution in [3.63, 3.8) is 0 Å². The Balaban J connectivity index is 1.78. The van der Waals surface area contributed by atoms with Crippen LogP contribution in [0.1, 0.15) is 11.1 Å². The van der Waals surface area contributed by atoms with Crippen molar-refractivity contribution < 1.29 is 38.0 Å². The molecule has 8 heteroatoms. The lowest BCUT2D eigenvalue weighted by molar-refractivity contribution is -0.150. The minimum Gasteiger partial charge on any atom is -0.493 e. The van der Waals surface area contributed by atoms with Crippen molar-refractivity contribution in [3.05, 3.63) is 47.0 Å². The summed E-state index contributed by atoms with van der Waals surface area (Å²) in [5.41, 5.74) is 1.65. The van der Waals surface area contributed by atoms with Gasteiger partial charge in [0.05, 0.1) is 32.5 Å². The van der Waals surface area contributed by atoms with Gasteiger partial charge in [-0.25, -0.2) is 9.59 Å². The largest absolute Gasteiger partial charge is 0.493 e. The zero-order valence-electron chi connectivity index (χ0n) is 16.1. The Morgan fingerprint density at radius 3 is 2.21 bits per heavy atom. The van der Waals surface area contributed by atoms with Crippen LogP contribution in [0.25, 0.3) is 5.57 Å². The second-order valence-corrected chi connectivity index (χ2v) is 6.31. The highest BCUT2D eigenvalue weighted by Crippen LogP contribution is 2.41. The van der Waals surface area contributed by atoms with Gasteiger partial charge in [0.25, 0.3) is 0 Å². The second kappa shape index (κ2) is 7.38. The van der Waals surface area contributed by atoms with Crippen molar-refractivity contribution in [2.45, 2.75) is 6.42 Å². The van der Waals surface area contributed by atoms with Crippen LogP contribution < -0.4 is 23.7 Å². The van der Waals surface area contributed by atoms with Crippen molar-refractivity contribution in [2.24, 2.45) is 0 Å². The number of carbonyl (C=O) groups is 2. The zero-order chi connectivity index (χ0) is 20.5. The highest BCUT2D eigenvalue weighted by Gasteiger charge is 2.35. The lowest BCUT2D eigenvalue weighted by Gasteiger charge is -2.14. The summed E-state index contributed by atoms with van der Waals surface area (Å²) in [6.07, 6.45) is 0.144. The Morgan fingerprint density at radius 2 is 1.55 bits per heavy atom. The Bertz CT molecular complexity index is 1010. The maximum absolute atomic E-state index is 12.4. The van der Waals surface area contributed by atoms with Gasteiger partial charge in [-0.15, -0.1) is 0 Å². The maximum Gasteiger partial charge on any atom is 0.347 e. The Hall–Kier alpha value is -3.68. The molecule has 29 heavy (non-hydrogen) atoms. The first-order valence-corrected chi connectivity index (χ1v) is 8.74. The van der Waals surface area contributed by atoms with Crippen molar-refractivity contribution in [1.29, 1.82) is 0 Å². The van der Waals surface area contributed by atoms with E-state index in [9.17, 15) is 9.59 Å². The monoisotopic (exact) mass is 398 g/mol. The highest BCUT2D eigenvalue weighted by molar-refractivity contribution is 6.31. The minimum absolute atomic E-state index is 0.111. The van der Waals surface area contributed by atoms with Gasteiger partial charge in [0.1, 0.15) is 0 Å². The Morgan fingerprint density at radius 1 is 0.862 bits per heavy atom. The number of esters is 2. The summed E-state index contributed by atoms with van der Waals surface area (Å²) in [4.78, 5) is 24.8. The van der Waals surface area contributed by atoms with Crippen LogP contribution in [0.2, 0.25) is 0 Å². The van der Waals surface area contributed by atoms with E-state index in [4.69, 9.17) is 28.4 Å². The van der Waals surface area contributed by atoms with Gasteiger partial charge in [0.15, 0.2) is 23.0 Å². The third kappa shape index (κ3) is 3.22. The molecule has 2 aliphatic rings. The van der Waals surface area contributed by atoms with E-state index < -0.39 is 11.9 Å². The van der Waals surface area contributed by atoms with Gasteiger partial charge >= 0.3 is 11.9 Å². The molecule has 0 radical (unpaired) electrons. The quantitative estimate of drug-likeness (QED) is 0.542. The molecular weight excluding hydrogens is 380 g/mol. The van der Waals surface area contributed by atoms with E-state index in [1.54, 1.807) is 30.3 Å². The number of ether oxygens (including phenoxy) is 6. The van der Waals surface area contributed by atoms with Crippen LogP contribution >= 0.6 is 0 Å². The molecule has 150 valence electrons. The topological polar surface area (TPSA) is 89.5 Å². The first kappa shape index (κ1) is 18.7. The number of rotatable bonds is 6. The van der Waals surface area contributed by atoms with Crippen molar-refractivity contribution in [2.75, 3.05) is 28.1 Å². The fourth-order valence-electron chi connectivity index (χ4n) is 3.37. The summed E-state index contributed by atoms with van der Waals surface area (Å²) in [5.74, 6) is 1.04. The molecule has 0 amide bonds. The lowest BCUT2D eigenvalue weighted by atomic mass is 9.96. The number of benzene rings is 2. The van der Waals surface area contributed by atoms with Crippen molar-refractivity contribution in [3.8, 4) is 28.7 Å². The first-order valence-electron chi connectivity index (χ1n) is 8.74. The minimum atomic E-state index is -0.698. The van der Waals surface area contributed by atoms with Gasteiger partial charge in [-0.05, 0) is 35.4 Å². The van der Waals surface area contributed by atoms with Gasteiger partial charge in [-0.2, -0.15) is 0 Å². The fraction of sp³-hybridized carbons (Fsp3) is 0.238. The van der Waals surface area contributed by atoms with Crippen LogP contribution in [0.3, 0.4) is 0 Å². The molecule has 0 aromatic heterocycles. The van der Waals surface area contributed by atoms with E-state index in [1.807, 2.05) is 0 Å². The van der Waals surface area contributed by atoms with E-state index in [2.05, 4.69) is 0 Å². The zero-order valence-corrected chi connectivity index (χ0v) is 16.1. The van der Waals surface area contributed by atoms with Gasteiger partial charge < -0.3 is 28.4 Å². The van der Waals surface area contributed by atoms with Crippen LogP contribution in [0.5, 0.6) is 28.7 Å². The average Bonchev–Trinajstić information content (AvgIpc) is 3.30. The summed E-state index contributed by atoms with van der Waals surface area (Å²) in [6, 6.07) is 8.49. The van der Waals surface area contributed by atoms with E-state index in [1.165, 1.54) is 21.3 Å². The van der Waals surface area contributed by atoms with Gasteiger partial charge in [-0.1, -0.05) is 6.07 Å². The Kier molecular flexibility index (Phi) is 4.75. The fourth-order valence-corrected chi connectivity index (χ4v) is 3.37. The first-order chi connectivity index (χ1) is 14.0. The van der Waals surface area contributed by atoms with Crippen molar-refractivity contribution in [1.82, 2.24) is 0 Å². The number of methoxy groups -OCH3 is 3. The van der Waals surface area contributed by atoms with Gasteiger partial charge in [-0.3, -0.25) is 0 Å². The molecule has 2 aromatic carbocycles. The summed E-state index contributed by atoms with van der Waals surface area (Å²) in [6.45, 7) is 0.111. The predicted molar refractivity (Wildman–Crippen MR) is 100 cm³/mol. The molecule has 0 aliphatic carbocycles. The number of hydrogen-bond acceptors (Lipinski definition) is 8.